The van der Waals surface area contributed by atoms with E-state index in [4.69, 9.17) is 0 Å². The van der Waals surface area contributed by atoms with Crippen LogP contribution in [-0.4, -0.2) is 21.3 Å². The highest BCUT2D eigenvalue weighted by atomic mass is 19.1. The maximum atomic E-state index is 13.1. The van der Waals surface area contributed by atoms with E-state index in [0.717, 1.165) is 35.6 Å². The minimum absolute atomic E-state index is 0.183. The molecule has 0 spiro atoms. The molecule has 1 unspecified atom stereocenters. The van der Waals surface area contributed by atoms with E-state index >= 15 is 0 Å². The van der Waals surface area contributed by atoms with Gasteiger partial charge in [-0.25, -0.2) is 9.07 Å². The number of pyridine rings is 1. The molecule has 0 fully saturated rings. The van der Waals surface area contributed by atoms with Crippen molar-refractivity contribution in [3.05, 3.63) is 77.6 Å². The zero-order chi connectivity index (χ0) is 16.9. The van der Waals surface area contributed by atoms with E-state index in [1.807, 2.05) is 42.2 Å². The van der Waals surface area contributed by atoms with Crippen LogP contribution in [0.1, 0.15) is 29.9 Å². The third kappa shape index (κ3) is 3.68. The van der Waals surface area contributed by atoms with Crippen LogP contribution in [0.25, 0.3) is 5.69 Å². The second-order valence-electron chi connectivity index (χ2n) is 5.82. The van der Waals surface area contributed by atoms with Gasteiger partial charge in [0.05, 0.1) is 11.9 Å². The normalized spacial score (nSPS) is 12.3. The summed E-state index contributed by atoms with van der Waals surface area (Å²) in [6, 6.07) is 12.5. The van der Waals surface area contributed by atoms with Crippen molar-refractivity contribution in [1.82, 2.24) is 20.1 Å². The van der Waals surface area contributed by atoms with Crippen LogP contribution in [0.5, 0.6) is 0 Å². The molecule has 1 N–H and O–H groups in total. The molecule has 3 rings (SSSR count). The molecule has 5 heteroatoms. The fourth-order valence-corrected chi connectivity index (χ4v) is 2.76. The van der Waals surface area contributed by atoms with Crippen molar-refractivity contribution < 1.29 is 4.39 Å². The van der Waals surface area contributed by atoms with Gasteiger partial charge < -0.3 is 5.32 Å². The average molecular weight is 324 g/mol. The fraction of sp³-hybridized carbons (Fsp3) is 0.263. The highest BCUT2D eigenvalue weighted by Crippen LogP contribution is 2.20. The Morgan fingerprint density at radius 3 is 2.67 bits per heavy atom. The number of nitrogens with zero attached hydrogens (tertiary/aromatic N) is 3. The second kappa shape index (κ2) is 7.36. The van der Waals surface area contributed by atoms with Crippen LogP contribution < -0.4 is 5.32 Å². The molecule has 0 aliphatic carbocycles. The second-order valence-corrected chi connectivity index (χ2v) is 5.82. The quantitative estimate of drug-likeness (QED) is 0.753. The summed E-state index contributed by atoms with van der Waals surface area (Å²) in [6.45, 7) is 5.00. The predicted molar refractivity (Wildman–Crippen MR) is 92.6 cm³/mol. The Bertz CT molecular complexity index is 781. The highest BCUT2D eigenvalue weighted by Gasteiger charge is 2.14. The third-order valence-electron chi connectivity index (χ3n) is 4.14. The summed E-state index contributed by atoms with van der Waals surface area (Å²) in [5.74, 6) is -0.242. The smallest absolute Gasteiger partial charge is 0.123 e. The van der Waals surface area contributed by atoms with Crippen molar-refractivity contribution in [3.8, 4) is 5.69 Å². The molecule has 1 atom stereocenters. The summed E-state index contributed by atoms with van der Waals surface area (Å²) in [7, 11) is 0. The molecule has 4 nitrogen and oxygen atoms in total. The van der Waals surface area contributed by atoms with E-state index in [9.17, 15) is 4.39 Å². The lowest BCUT2D eigenvalue weighted by Crippen LogP contribution is -2.22. The minimum Gasteiger partial charge on any atom is -0.310 e. The lowest BCUT2D eigenvalue weighted by Gasteiger charge is -2.14. The number of halogens is 1. The van der Waals surface area contributed by atoms with Gasteiger partial charge in [0.25, 0.3) is 0 Å². The average Bonchev–Trinajstić information content (AvgIpc) is 2.98. The molecule has 0 saturated heterocycles. The summed E-state index contributed by atoms with van der Waals surface area (Å²) in [5, 5.41) is 7.95. The first-order valence-electron chi connectivity index (χ1n) is 8.09. The summed E-state index contributed by atoms with van der Waals surface area (Å²) < 4.78 is 14.9. The number of hydrogen-bond donors (Lipinski definition) is 1. The molecular formula is C19H21FN4. The van der Waals surface area contributed by atoms with Gasteiger partial charge in [-0.15, -0.1) is 0 Å². The summed E-state index contributed by atoms with van der Waals surface area (Å²) in [6.07, 6.45) is 4.57. The summed E-state index contributed by atoms with van der Waals surface area (Å²) in [5.41, 5.74) is 4.14. The SMILES string of the molecule is Cc1c(C(C)NCCc2ccccn2)cnn1-c1ccc(F)cc1. The number of nitrogens with one attached hydrogen (secondary N) is 1. The van der Waals surface area contributed by atoms with Gasteiger partial charge in [0, 0.05) is 42.2 Å². The molecule has 2 aromatic heterocycles. The molecule has 0 bridgehead atoms. The van der Waals surface area contributed by atoms with E-state index < -0.39 is 0 Å². The number of aromatic nitrogens is 3. The zero-order valence-electron chi connectivity index (χ0n) is 13.9. The van der Waals surface area contributed by atoms with E-state index in [1.165, 1.54) is 12.1 Å². The molecule has 0 saturated carbocycles. The topological polar surface area (TPSA) is 42.7 Å². The lowest BCUT2D eigenvalue weighted by molar-refractivity contribution is 0.571. The Morgan fingerprint density at radius 2 is 1.96 bits per heavy atom. The fourth-order valence-electron chi connectivity index (χ4n) is 2.76. The Kier molecular flexibility index (Phi) is 5.01. The van der Waals surface area contributed by atoms with E-state index in [0.29, 0.717) is 0 Å². The van der Waals surface area contributed by atoms with Gasteiger partial charge >= 0.3 is 0 Å². The number of hydrogen-bond acceptors (Lipinski definition) is 3. The van der Waals surface area contributed by atoms with E-state index in [1.54, 1.807) is 12.1 Å². The van der Waals surface area contributed by atoms with Crippen LogP contribution in [0.2, 0.25) is 0 Å². The van der Waals surface area contributed by atoms with Crippen molar-refractivity contribution in [2.75, 3.05) is 6.54 Å². The zero-order valence-corrected chi connectivity index (χ0v) is 13.9. The Morgan fingerprint density at radius 1 is 1.17 bits per heavy atom. The van der Waals surface area contributed by atoms with Gasteiger partial charge in [-0.2, -0.15) is 5.10 Å². The predicted octanol–water partition coefficient (Wildman–Crippen LogP) is 3.61. The standard InChI is InChI=1S/C19H21FN4/c1-14(21-12-10-17-5-3-4-11-22-17)19-13-23-24(15(19)2)18-8-6-16(20)7-9-18/h3-9,11,13-14,21H,10,12H2,1-2H3. The van der Waals surface area contributed by atoms with Gasteiger partial charge in [0.1, 0.15) is 5.82 Å². The molecule has 124 valence electrons. The van der Waals surface area contributed by atoms with Crippen molar-refractivity contribution in [3.63, 3.8) is 0 Å². The third-order valence-corrected chi connectivity index (χ3v) is 4.14. The molecule has 2 heterocycles. The van der Waals surface area contributed by atoms with Crippen LogP contribution in [0.15, 0.2) is 54.9 Å². The van der Waals surface area contributed by atoms with Crippen LogP contribution in [-0.2, 0) is 6.42 Å². The van der Waals surface area contributed by atoms with Gasteiger partial charge in [-0.05, 0) is 50.2 Å². The van der Waals surface area contributed by atoms with Gasteiger partial charge in [0.15, 0.2) is 0 Å². The molecule has 0 radical (unpaired) electrons. The molecule has 0 amide bonds. The van der Waals surface area contributed by atoms with Crippen molar-refractivity contribution in [2.24, 2.45) is 0 Å². The molecule has 0 aliphatic rings. The first kappa shape index (κ1) is 16.3. The van der Waals surface area contributed by atoms with E-state index in [2.05, 4.69) is 22.3 Å². The Balaban J connectivity index is 1.65. The molecule has 24 heavy (non-hydrogen) atoms. The molecule has 1 aromatic carbocycles. The van der Waals surface area contributed by atoms with E-state index in [-0.39, 0.29) is 11.9 Å². The lowest BCUT2D eigenvalue weighted by atomic mass is 10.1. The summed E-state index contributed by atoms with van der Waals surface area (Å²) in [4.78, 5) is 4.33. The van der Waals surface area contributed by atoms with Crippen LogP contribution in [0, 0.1) is 12.7 Å². The minimum atomic E-state index is -0.242. The van der Waals surface area contributed by atoms with Crippen LogP contribution in [0.4, 0.5) is 4.39 Å². The maximum Gasteiger partial charge on any atom is 0.123 e. The molecule has 3 aromatic rings. The van der Waals surface area contributed by atoms with Gasteiger partial charge in [0.2, 0.25) is 0 Å². The first-order chi connectivity index (χ1) is 11.6. The van der Waals surface area contributed by atoms with Crippen LogP contribution in [0.3, 0.4) is 0 Å². The largest absolute Gasteiger partial charge is 0.310 e. The molecular weight excluding hydrogens is 303 g/mol. The van der Waals surface area contributed by atoms with Crippen molar-refractivity contribution >= 4 is 0 Å². The van der Waals surface area contributed by atoms with Crippen LogP contribution >= 0.6 is 0 Å². The number of benzene rings is 1. The van der Waals surface area contributed by atoms with Crippen molar-refractivity contribution in [2.45, 2.75) is 26.3 Å². The Labute approximate surface area is 141 Å². The van der Waals surface area contributed by atoms with Crippen molar-refractivity contribution in [1.29, 1.82) is 0 Å². The molecule has 0 aliphatic heterocycles. The Hall–Kier alpha value is -2.53. The number of rotatable bonds is 6. The first-order valence-corrected chi connectivity index (χ1v) is 8.09. The van der Waals surface area contributed by atoms with Gasteiger partial charge in [-0.1, -0.05) is 6.07 Å². The maximum absolute atomic E-state index is 13.1. The van der Waals surface area contributed by atoms with Gasteiger partial charge in [-0.3, -0.25) is 4.98 Å². The highest BCUT2D eigenvalue weighted by molar-refractivity contribution is 5.35. The summed E-state index contributed by atoms with van der Waals surface area (Å²) >= 11 is 0. The monoisotopic (exact) mass is 324 g/mol.